The predicted molar refractivity (Wildman–Crippen MR) is 56.9 cm³/mol. The van der Waals surface area contributed by atoms with Gasteiger partial charge in [-0.15, -0.1) is 0 Å². The molecule has 78 valence electrons. The molecule has 0 aromatic heterocycles. The highest BCUT2D eigenvalue weighted by molar-refractivity contribution is 6.32. The Morgan fingerprint density at radius 2 is 2.27 bits per heavy atom. The summed E-state index contributed by atoms with van der Waals surface area (Å²) in [4.78, 5) is 10.6. The first kappa shape index (κ1) is 11.5. The van der Waals surface area contributed by atoms with Gasteiger partial charge in [-0.3, -0.25) is 4.79 Å². The molecular weight excluding hydrogens is 214 g/mol. The van der Waals surface area contributed by atoms with Gasteiger partial charge < -0.3 is 5.11 Å². The van der Waals surface area contributed by atoms with E-state index >= 15 is 0 Å². The van der Waals surface area contributed by atoms with Crippen molar-refractivity contribution in [3.63, 3.8) is 0 Å². The van der Waals surface area contributed by atoms with Crippen LogP contribution in [0.25, 0.3) is 0 Å². The summed E-state index contributed by atoms with van der Waals surface area (Å²) in [6.07, 6.45) is 0.561. The van der Waals surface area contributed by atoms with Gasteiger partial charge in [0, 0.05) is 0 Å². The Morgan fingerprint density at radius 1 is 1.60 bits per heavy atom. The van der Waals surface area contributed by atoms with Crippen LogP contribution in [0.1, 0.15) is 23.6 Å². The van der Waals surface area contributed by atoms with E-state index in [4.69, 9.17) is 22.0 Å². The number of hydrogen-bond acceptors (Lipinski definition) is 2. The van der Waals surface area contributed by atoms with Gasteiger partial charge in [-0.05, 0) is 23.6 Å². The molecule has 0 spiro atoms. The van der Waals surface area contributed by atoms with Crippen LogP contribution in [0, 0.1) is 11.3 Å². The Morgan fingerprint density at radius 3 is 2.73 bits per heavy atom. The molecule has 0 radical (unpaired) electrons. The second kappa shape index (κ2) is 4.81. The first-order valence-corrected chi connectivity index (χ1v) is 4.90. The first-order chi connectivity index (χ1) is 7.10. The second-order valence-electron chi connectivity index (χ2n) is 3.10. The summed E-state index contributed by atoms with van der Waals surface area (Å²) >= 11 is 5.98. The molecule has 1 aromatic rings. The average molecular weight is 224 g/mol. The number of nitriles is 1. The highest BCUT2D eigenvalue weighted by Crippen LogP contribution is 2.25. The molecular formula is C11H10ClNO2. The van der Waals surface area contributed by atoms with Gasteiger partial charge in [-0.2, -0.15) is 5.26 Å². The van der Waals surface area contributed by atoms with Gasteiger partial charge in [0.2, 0.25) is 0 Å². The number of hydrogen-bond donors (Lipinski definition) is 1. The van der Waals surface area contributed by atoms with Gasteiger partial charge in [-0.1, -0.05) is 24.6 Å². The Kier molecular flexibility index (Phi) is 3.70. The lowest BCUT2D eigenvalue weighted by molar-refractivity contribution is -0.136. The van der Waals surface area contributed by atoms with Crippen molar-refractivity contribution < 1.29 is 9.90 Å². The lowest BCUT2D eigenvalue weighted by Gasteiger charge is -2.08. The van der Waals surface area contributed by atoms with Crippen molar-refractivity contribution in [2.75, 3.05) is 0 Å². The zero-order chi connectivity index (χ0) is 11.4. The van der Waals surface area contributed by atoms with Crippen LogP contribution < -0.4 is 0 Å². The maximum absolute atomic E-state index is 10.6. The third kappa shape index (κ3) is 2.48. The maximum atomic E-state index is 10.6. The van der Waals surface area contributed by atoms with Gasteiger partial charge in [0.1, 0.15) is 6.07 Å². The number of benzene rings is 1. The molecule has 0 bridgehead atoms. The SMILES string of the molecule is CCc1c(CC(=O)O)ccc(C#N)c1Cl. The molecule has 0 atom stereocenters. The molecule has 0 saturated heterocycles. The molecule has 0 amide bonds. The number of aliphatic carboxylic acids is 1. The summed E-state index contributed by atoms with van der Waals surface area (Å²) in [5.41, 5.74) is 1.81. The number of rotatable bonds is 3. The van der Waals surface area contributed by atoms with E-state index in [1.165, 1.54) is 0 Å². The summed E-state index contributed by atoms with van der Waals surface area (Å²) in [6, 6.07) is 5.18. The van der Waals surface area contributed by atoms with Crippen LogP contribution in [0.15, 0.2) is 12.1 Å². The third-order valence-corrected chi connectivity index (χ3v) is 2.59. The zero-order valence-corrected chi connectivity index (χ0v) is 9.01. The van der Waals surface area contributed by atoms with E-state index in [0.717, 1.165) is 5.56 Å². The number of carbonyl (C=O) groups is 1. The van der Waals surface area contributed by atoms with Crippen molar-refractivity contribution in [3.05, 3.63) is 33.8 Å². The Hall–Kier alpha value is -1.53. The minimum atomic E-state index is -0.898. The van der Waals surface area contributed by atoms with Crippen molar-refractivity contribution in [1.29, 1.82) is 5.26 Å². The van der Waals surface area contributed by atoms with Crippen molar-refractivity contribution in [3.8, 4) is 6.07 Å². The van der Waals surface area contributed by atoms with E-state index in [-0.39, 0.29) is 6.42 Å². The molecule has 0 heterocycles. The number of nitrogens with zero attached hydrogens (tertiary/aromatic N) is 1. The van der Waals surface area contributed by atoms with Crippen LogP contribution in [0.4, 0.5) is 0 Å². The van der Waals surface area contributed by atoms with E-state index in [0.29, 0.717) is 22.6 Å². The molecule has 1 aromatic carbocycles. The van der Waals surface area contributed by atoms with Crippen LogP contribution in [0.2, 0.25) is 5.02 Å². The molecule has 0 aliphatic heterocycles. The highest BCUT2D eigenvalue weighted by Gasteiger charge is 2.12. The summed E-state index contributed by atoms with van der Waals surface area (Å²) in [6.45, 7) is 1.88. The summed E-state index contributed by atoms with van der Waals surface area (Å²) in [5.74, 6) is -0.898. The summed E-state index contributed by atoms with van der Waals surface area (Å²) < 4.78 is 0. The molecule has 1 rings (SSSR count). The zero-order valence-electron chi connectivity index (χ0n) is 8.25. The van der Waals surface area contributed by atoms with Crippen molar-refractivity contribution >= 4 is 17.6 Å². The minimum absolute atomic E-state index is 0.0609. The predicted octanol–water partition coefficient (Wildman–Crippen LogP) is 2.40. The summed E-state index contributed by atoms with van der Waals surface area (Å²) in [5, 5.41) is 17.8. The van der Waals surface area contributed by atoms with Gasteiger partial charge in [0.15, 0.2) is 0 Å². The monoisotopic (exact) mass is 223 g/mol. The average Bonchev–Trinajstić information content (AvgIpc) is 2.18. The van der Waals surface area contributed by atoms with Crippen molar-refractivity contribution in [2.45, 2.75) is 19.8 Å². The highest BCUT2D eigenvalue weighted by atomic mass is 35.5. The molecule has 1 N–H and O–H groups in total. The smallest absolute Gasteiger partial charge is 0.307 e. The molecule has 0 aliphatic carbocycles. The quantitative estimate of drug-likeness (QED) is 0.856. The van der Waals surface area contributed by atoms with Crippen LogP contribution in [-0.4, -0.2) is 11.1 Å². The van der Waals surface area contributed by atoms with E-state index in [2.05, 4.69) is 0 Å². The van der Waals surface area contributed by atoms with Crippen LogP contribution in [-0.2, 0) is 17.6 Å². The lowest BCUT2D eigenvalue weighted by atomic mass is 10.00. The van der Waals surface area contributed by atoms with Crippen molar-refractivity contribution in [1.82, 2.24) is 0 Å². The fourth-order valence-corrected chi connectivity index (χ4v) is 1.82. The van der Waals surface area contributed by atoms with Crippen LogP contribution in [0.3, 0.4) is 0 Å². The van der Waals surface area contributed by atoms with Gasteiger partial charge in [0.05, 0.1) is 17.0 Å². The molecule has 0 unspecified atom stereocenters. The van der Waals surface area contributed by atoms with E-state index < -0.39 is 5.97 Å². The molecule has 0 fully saturated rings. The fourth-order valence-electron chi connectivity index (χ4n) is 1.46. The Labute approximate surface area is 92.9 Å². The molecule has 4 heteroatoms. The number of carboxylic acid groups (broad SMARTS) is 1. The molecule has 0 aliphatic rings. The van der Waals surface area contributed by atoms with Gasteiger partial charge >= 0.3 is 5.97 Å². The topological polar surface area (TPSA) is 61.1 Å². The molecule has 15 heavy (non-hydrogen) atoms. The van der Waals surface area contributed by atoms with Crippen LogP contribution in [0.5, 0.6) is 0 Å². The van der Waals surface area contributed by atoms with Crippen LogP contribution >= 0.6 is 11.6 Å². The van der Waals surface area contributed by atoms with Gasteiger partial charge in [0.25, 0.3) is 0 Å². The molecule has 3 nitrogen and oxygen atoms in total. The number of carboxylic acids is 1. The number of halogens is 1. The van der Waals surface area contributed by atoms with E-state index in [1.807, 2.05) is 13.0 Å². The second-order valence-corrected chi connectivity index (χ2v) is 3.48. The third-order valence-electron chi connectivity index (χ3n) is 2.16. The first-order valence-electron chi connectivity index (χ1n) is 4.52. The maximum Gasteiger partial charge on any atom is 0.307 e. The Balaban J connectivity index is 3.25. The minimum Gasteiger partial charge on any atom is -0.481 e. The Bertz CT molecular complexity index is 435. The fraction of sp³-hybridized carbons (Fsp3) is 0.273. The summed E-state index contributed by atoms with van der Waals surface area (Å²) in [7, 11) is 0. The van der Waals surface area contributed by atoms with Crippen molar-refractivity contribution in [2.24, 2.45) is 0 Å². The van der Waals surface area contributed by atoms with E-state index in [9.17, 15) is 4.79 Å². The normalized spacial score (nSPS) is 9.67. The van der Waals surface area contributed by atoms with E-state index in [1.54, 1.807) is 12.1 Å². The van der Waals surface area contributed by atoms with Gasteiger partial charge in [-0.25, -0.2) is 0 Å². The molecule has 0 saturated carbocycles. The lowest BCUT2D eigenvalue weighted by Crippen LogP contribution is -2.04. The standard InChI is InChI=1S/C11H10ClNO2/c1-2-9-7(5-10(14)15)3-4-8(6-13)11(9)12/h3-4H,2,5H2,1H3,(H,14,15). The largest absolute Gasteiger partial charge is 0.481 e.